The van der Waals surface area contributed by atoms with Crippen LogP contribution >= 0.6 is 12.2 Å². The summed E-state index contributed by atoms with van der Waals surface area (Å²) in [6.07, 6.45) is 3.26. The Morgan fingerprint density at radius 2 is 1.84 bits per heavy atom. The van der Waals surface area contributed by atoms with Gasteiger partial charge in [-0.2, -0.15) is 0 Å². The average Bonchev–Trinajstić information content (AvgIpc) is 2.59. The van der Waals surface area contributed by atoms with Gasteiger partial charge in [-0.3, -0.25) is 0 Å². The molecule has 4 heteroatoms. The quantitative estimate of drug-likeness (QED) is 0.518. The van der Waals surface area contributed by atoms with Crippen LogP contribution in [0.1, 0.15) is 38.3 Å². The zero-order valence-corrected chi connectivity index (χ0v) is 16.2. The second kappa shape index (κ2) is 10.0. The zero-order chi connectivity index (χ0) is 18.1. The Morgan fingerprint density at radius 3 is 2.52 bits per heavy atom. The maximum Gasteiger partial charge on any atom is 0.170 e. The summed E-state index contributed by atoms with van der Waals surface area (Å²) < 4.78 is 5.74. The van der Waals surface area contributed by atoms with Crippen molar-refractivity contribution in [1.29, 1.82) is 0 Å². The summed E-state index contributed by atoms with van der Waals surface area (Å²) in [7, 11) is 0. The van der Waals surface area contributed by atoms with Gasteiger partial charge in [-0.25, -0.2) is 0 Å². The fourth-order valence-corrected chi connectivity index (χ4v) is 2.76. The van der Waals surface area contributed by atoms with Crippen LogP contribution < -0.4 is 15.4 Å². The van der Waals surface area contributed by atoms with Gasteiger partial charge >= 0.3 is 0 Å². The standard InChI is InChI=1S/C21H28N2OS/c1-4-17-10-12-19(13-11-17)23-21(25)22-14-6-8-18-7-5-9-20(15-18)24-16(2)3/h5,7,9-13,15-16H,4,6,8,14H2,1-3H3,(H2,22,23,25). The van der Waals surface area contributed by atoms with Gasteiger partial charge in [0.05, 0.1) is 6.10 Å². The second-order valence-corrected chi connectivity index (χ2v) is 6.76. The summed E-state index contributed by atoms with van der Waals surface area (Å²) in [4.78, 5) is 0. The first-order valence-corrected chi connectivity index (χ1v) is 9.37. The van der Waals surface area contributed by atoms with Gasteiger partial charge in [0.15, 0.2) is 5.11 Å². The van der Waals surface area contributed by atoms with Crippen molar-refractivity contribution >= 4 is 23.0 Å². The predicted octanol–water partition coefficient (Wildman–Crippen LogP) is 4.96. The van der Waals surface area contributed by atoms with Crippen molar-refractivity contribution in [3.8, 4) is 5.75 Å². The number of benzene rings is 2. The Balaban J connectivity index is 1.70. The Labute approximate surface area is 156 Å². The number of nitrogens with one attached hydrogen (secondary N) is 2. The molecule has 0 unspecified atom stereocenters. The van der Waals surface area contributed by atoms with E-state index in [4.69, 9.17) is 17.0 Å². The molecule has 2 aromatic rings. The molecule has 0 amide bonds. The third-order valence-corrected chi connectivity index (χ3v) is 4.06. The highest BCUT2D eigenvalue weighted by atomic mass is 32.1. The third kappa shape index (κ3) is 7.14. The van der Waals surface area contributed by atoms with Crippen molar-refractivity contribution in [2.75, 3.05) is 11.9 Å². The molecule has 0 aliphatic carbocycles. The van der Waals surface area contributed by atoms with E-state index in [0.717, 1.165) is 37.2 Å². The van der Waals surface area contributed by atoms with E-state index in [9.17, 15) is 0 Å². The third-order valence-electron chi connectivity index (χ3n) is 3.82. The number of hydrogen-bond donors (Lipinski definition) is 2. The van der Waals surface area contributed by atoms with Crippen LogP contribution in [0, 0.1) is 0 Å². The molecule has 0 saturated heterocycles. The van der Waals surface area contributed by atoms with E-state index >= 15 is 0 Å². The maximum absolute atomic E-state index is 5.74. The zero-order valence-electron chi connectivity index (χ0n) is 15.3. The normalized spacial score (nSPS) is 10.6. The van der Waals surface area contributed by atoms with Crippen LogP contribution in [0.4, 0.5) is 5.69 Å². The molecule has 2 rings (SSSR count). The number of anilines is 1. The second-order valence-electron chi connectivity index (χ2n) is 6.35. The van der Waals surface area contributed by atoms with Gasteiger partial charge in [0, 0.05) is 12.2 Å². The van der Waals surface area contributed by atoms with Crippen LogP contribution in [-0.2, 0) is 12.8 Å². The van der Waals surface area contributed by atoms with Crippen LogP contribution in [0.15, 0.2) is 48.5 Å². The highest BCUT2D eigenvalue weighted by Gasteiger charge is 2.01. The van der Waals surface area contributed by atoms with E-state index in [-0.39, 0.29) is 6.10 Å². The lowest BCUT2D eigenvalue weighted by atomic mass is 10.1. The van der Waals surface area contributed by atoms with Gasteiger partial charge in [0.1, 0.15) is 5.75 Å². The van der Waals surface area contributed by atoms with E-state index in [1.54, 1.807) is 0 Å². The minimum atomic E-state index is 0.201. The first-order chi connectivity index (χ1) is 12.1. The molecular formula is C21H28N2OS. The SMILES string of the molecule is CCc1ccc(NC(=S)NCCCc2cccc(OC(C)C)c2)cc1. The summed E-state index contributed by atoms with van der Waals surface area (Å²) in [6, 6.07) is 16.7. The number of hydrogen-bond acceptors (Lipinski definition) is 2. The van der Waals surface area contributed by atoms with Crippen molar-refractivity contribution in [2.24, 2.45) is 0 Å². The van der Waals surface area contributed by atoms with E-state index in [1.165, 1.54) is 11.1 Å². The molecule has 0 radical (unpaired) electrons. The van der Waals surface area contributed by atoms with Gasteiger partial charge in [-0.15, -0.1) is 0 Å². The minimum absolute atomic E-state index is 0.201. The topological polar surface area (TPSA) is 33.3 Å². The maximum atomic E-state index is 5.74. The molecule has 0 fully saturated rings. The lowest BCUT2D eigenvalue weighted by Crippen LogP contribution is -2.29. The van der Waals surface area contributed by atoms with Crippen LogP contribution in [0.25, 0.3) is 0 Å². The van der Waals surface area contributed by atoms with Crippen molar-refractivity contribution in [1.82, 2.24) is 5.32 Å². The van der Waals surface area contributed by atoms with Crippen molar-refractivity contribution < 1.29 is 4.74 Å². The van der Waals surface area contributed by atoms with Crippen molar-refractivity contribution in [3.05, 3.63) is 59.7 Å². The number of thiocarbonyl (C=S) groups is 1. The summed E-state index contributed by atoms with van der Waals surface area (Å²) in [5.41, 5.74) is 3.63. The van der Waals surface area contributed by atoms with Crippen molar-refractivity contribution in [2.45, 2.75) is 46.1 Å². The molecule has 0 bridgehead atoms. The molecule has 0 saturated carbocycles. The molecule has 0 aliphatic heterocycles. The largest absolute Gasteiger partial charge is 0.491 e. The summed E-state index contributed by atoms with van der Waals surface area (Å²) in [5.74, 6) is 0.938. The molecule has 0 aromatic heterocycles. The van der Waals surface area contributed by atoms with Crippen LogP contribution in [-0.4, -0.2) is 17.8 Å². The molecule has 3 nitrogen and oxygen atoms in total. The highest BCUT2D eigenvalue weighted by Crippen LogP contribution is 2.16. The Morgan fingerprint density at radius 1 is 1.08 bits per heavy atom. The molecule has 0 heterocycles. The predicted molar refractivity (Wildman–Crippen MR) is 111 cm³/mol. The van der Waals surface area contributed by atoms with Gasteiger partial charge in [0.25, 0.3) is 0 Å². The molecular weight excluding hydrogens is 328 g/mol. The van der Waals surface area contributed by atoms with E-state index in [0.29, 0.717) is 5.11 Å². The number of aryl methyl sites for hydroxylation is 2. The van der Waals surface area contributed by atoms with Crippen LogP contribution in [0.2, 0.25) is 0 Å². The van der Waals surface area contributed by atoms with E-state index < -0.39 is 0 Å². The Hall–Kier alpha value is -2.07. The smallest absolute Gasteiger partial charge is 0.170 e. The molecule has 0 spiro atoms. The van der Waals surface area contributed by atoms with Gasteiger partial charge < -0.3 is 15.4 Å². The summed E-state index contributed by atoms with van der Waals surface area (Å²) in [6.45, 7) is 7.08. The lowest BCUT2D eigenvalue weighted by Gasteiger charge is -2.12. The number of ether oxygens (including phenoxy) is 1. The number of rotatable bonds is 8. The van der Waals surface area contributed by atoms with Crippen molar-refractivity contribution in [3.63, 3.8) is 0 Å². The van der Waals surface area contributed by atoms with E-state index in [2.05, 4.69) is 54.0 Å². The Kier molecular flexibility index (Phi) is 7.74. The fraction of sp³-hybridized carbons (Fsp3) is 0.381. The highest BCUT2D eigenvalue weighted by molar-refractivity contribution is 7.80. The fourth-order valence-electron chi connectivity index (χ4n) is 2.54. The Bertz CT molecular complexity index is 668. The van der Waals surface area contributed by atoms with Gasteiger partial charge in [-0.05, 0) is 80.7 Å². The van der Waals surface area contributed by atoms with Crippen LogP contribution in [0.5, 0.6) is 5.75 Å². The molecule has 0 aliphatic rings. The summed E-state index contributed by atoms with van der Waals surface area (Å²) >= 11 is 5.35. The molecule has 0 atom stereocenters. The minimum Gasteiger partial charge on any atom is -0.491 e. The van der Waals surface area contributed by atoms with Gasteiger partial charge in [-0.1, -0.05) is 31.2 Å². The lowest BCUT2D eigenvalue weighted by molar-refractivity contribution is 0.242. The summed E-state index contributed by atoms with van der Waals surface area (Å²) in [5, 5.41) is 7.16. The first-order valence-electron chi connectivity index (χ1n) is 8.96. The van der Waals surface area contributed by atoms with Crippen LogP contribution in [0.3, 0.4) is 0 Å². The average molecular weight is 357 g/mol. The molecule has 134 valence electrons. The first kappa shape index (κ1) is 19.3. The van der Waals surface area contributed by atoms with Gasteiger partial charge in [0.2, 0.25) is 0 Å². The molecule has 2 aromatic carbocycles. The monoisotopic (exact) mass is 356 g/mol. The molecule has 25 heavy (non-hydrogen) atoms. The van der Waals surface area contributed by atoms with E-state index in [1.807, 2.05) is 26.0 Å². The molecule has 2 N–H and O–H groups in total.